The number of benzene rings is 1. The Labute approximate surface area is 131 Å². The van der Waals surface area contributed by atoms with Crippen molar-refractivity contribution in [3.63, 3.8) is 0 Å². The smallest absolute Gasteiger partial charge is 0.319 e. The first-order valence-electron chi connectivity index (χ1n) is 7.62. The minimum Gasteiger partial charge on any atom is -0.351 e. The lowest BCUT2D eigenvalue weighted by molar-refractivity contribution is 0.253. The van der Waals surface area contributed by atoms with Crippen molar-refractivity contribution in [2.45, 2.75) is 31.6 Å². The maximum atomic E-state index is 11.6. The summed E-state index contributed by atoms with van der Waals surface area (Å²) in [6, 6.07) is 7.89. The van der Waals surface area contributed by atoms with E-state index in [4.69, 9.17) is 5.73 Å². The molecule has 0 saturated carbocycles. The molecule has 1 fully saturated rings. The molecule has 1 aromatic rings. The van der Waals surface area contributed by atoms with Crippen molar-refractivity contribution in [2.75, 3.05) is 30.8 Å². The topological polar surface area (TPSA) is 49.6 Å². The van der Waals surface area contributed by atoms with Crippen LogP contribution < -0.4 is 10.6 Å². The highest BCUT2D eigenvalue weighted by molar-refractivity contribution is 7.99. The average molecular weight is 307 g/mol. The Morgan fingerprint density at radius 2 is 2.10 bits per heavy atom. The van der Waals surface area contributed by atoms with Gasteiger partial charge in [-0.3, -0.25) is 9.80 Å². The van der Waals surface area contributed by atoms with Gasteiger partial charge in [0, 0.05) is 24.5 Å². The summed E-state index contributed by atoms with van der Waals surface area (Å²) in [5.74, 6) is 1.17. The molecular formula is C16H25N3OS. The summed E-state index contributed by atoms with van der Waals surface area (Å²) in [6.07, 6.45) is 3.24. The van der Waals surface area contributed by atoms with E-state index in [2.05, 4.69) is 31.0 Å². The molecule has 2 N–H and O–H groups in total. The van der Waals surface area contributed by atoms with Gasteiger partial charge in [0.15, 0.2) is 0 Å². The zero-order valence-electron chi connectivity index (χ0n) is 12.9. The molecule has 0 radical (unpaired) electrons. The molecule has 2 rings (SSSR count). The number of primary amides is 1. The van der Waals surface area contributed by atoms with E-state index in [9.17, 15) is 4.79 Å². The number of carbonyl (C=O) groups excluding carboxylic acids is 1. The minimum atomic E-state index is -0.369. The van der Waals surface area contributed by atoms with E-state index in [1.165, 1.54) is 11.3 Å². The number of hydrogen-bond acceptors (Lipinski definition) is 3. The molecule has 1 aromatic carbocycles. The van der Waals surface area contributed by atoms with Gasteiger partial charge in [0.2, 0.25) is 0 Å². The fourth-order valence-electron chi connectivity index (χ4n) is 2.61. The fourth-order valence-corrected chi connectivity index (χ4v) is 3.94. The molecule has 2 amide bonds. The number of rotatable bonds is 6. The van der Waals surface area contributed by atoms with Crippen molar-refractivity contribution in [3.8, 4) is 0 Å². The molecule has 1 saturated heterocycles. The molecule has 0 bridgehead atoms. The number of urea groups is 1. The summed E-state index contributed by atoms with van der Waals surface area (Å²) in [5, 5.41) is 0.432. The van der Waals surface area contributed by atoms with Crippen LogP contribution in [0.4, 0.5) is 10.5 Å². The van der Waals surface area contributed by atoms with E-state index in [1.807, 2.05) is 23.9 Å². The Morgan fingerprint density at radius 3 is 2.62 bits per heavy atom. The Hall–Kier alpha value is -1.20. The van der Waals surface area contributed by atoms with Crippen molar-refractivity contribution in [1.29, 1.82) is 0 Å². The third kappa shape index (κ3) is 4.14. The summed E-state index contributed by atoms with van der Waals surface area (Å²) < 4.78 is 0. The number of nitrogens with zero attached hydrogens (tertiary/aromatic N) is 2. The number of thioether (sulfide) groups is 1. The van der Waals surface area contributed by atoms with Crippen LogP contribution in [0.25, 0.3) is 0 Å². The lowest BCUT2D eigenvalue weighted by Gasteiger charge is -2.22. The first-order chi connectivity index (χ1) is 10.1. The Balaban J connectivity index is 2.06. The summed E-state index contributed by atoms with van der Waals surface area (Å²) in [7, 11) is 2.15. The van der Waals surface area contributed by atoms with Gasteiger partial charge in [0.05, 0.1) is 5.37 Å². The highest BCUT2D eigenvalue weighted by Crippen LogP contribution is 2.37. The van der Waals surface area contributed by atoms with Gasteiger partial charge in [-0.25, -0.2) is 4.79 Å². The third-order valence-corrected chi connectivity index (χ3v) is 5.23. The maximum absolute atomic E-state index is 11.6. The van der Waals surface area contributed by atoms with Gasteiger partial charge < -0.3 is 5.73 Å². The SMILES string of the molecule is CCCCCN(C(N)=O)c1ccc(C2SCCN2C)cc1. The largest absolute Gasteiger partial charge is 0.351 e. The molecule has 0 aliphatic carbocycles. The summed E-state index contributed by atoms with van der Waals surface area (Å²) in [5.41, 5.74) is 7.70. The maximum Gasteiger partial charge on any atom is 0.319 e. The number of carbonyl (C=O) groups is 1. The lowest BCUT2D eigenvalue weighted by Crippen LogP contribution is -2.36. The van der Waals surface area contributed by atoms with Gasteiger partial charge in [-0.15, -0.1) is 11.8 Å². The molecule has 1 heterocycles. The molecule has 1 unspecified atom stereocenters. The second kappa shape index (κ2) is 7.71. The second-order valence-electron chi connectivity index (χ2n) is 5.49. The van der Waals surface area contributed by atoms with Crippen LogP contribution in [-0.4, -0.2) is 36.8 Å². The van der Waals surface area contributed by atoms with Crippen LogP contribution in [0.2, 0.25) is 0 Å². The normalized spacial score (nSPS) is 18.9. The van der Waals surface area contributed by atoms with E-state index in [1.54, 1.807) is 4.90 Å². The lowest BCUT2D eigenvalue weighted by atomic mass is 10.1. The average Bonchev–Trinajstić information content (AvgIpc) is 2.90. The quantitative estimate of drug-likeness (QED) is 0.819. The van der Waals surface area contributed by atoms with E-state index in [-0.39, 0.29) is 6.03 Å². The monoisotopic (exact) mass is 307 g/mol. The van der Waals surface area contributed by atoms with Crippen LogP contribution in [0.3, 0.4) is 0 Å². The molecule has 21 heavy (non-hydrogen) atoms. The fraction of sp³-hybridized carbons (Fsp3) is 0.562. The predicted octanol–water partition coefficient (Wildman–Crippen LogP) is 3.44. The zero-order valence-corrected chi connectivity index (χ0v) is 13.7. The van der Waals surface area contributed by atoms with Crippen LogP contribution in [-0.2, 0) is 0 Å². The Bertz CT molecular complexity index is 463. The van der Waals surface area contributed by atoms with Crippen molar-refractivity contribution in [1.82, 2.24) is 4.90 Å². The summed E-state index contributed by atoms with van der Waals surface area (Å²) in [4.78, 5) is 15.6. The molecular weight excluding hydrogens is 282 g/mol. The molecule has 1 aliphatic heterocycles. The van der Waals surface area contributed by atoms with Crippen LogP contribution in [0, 0.1) is 0 Å². The predicted molar refractivity (Wildman–Crippen MR) is 90.7 cm³/mol. The van der Waals surface area contributed by atoms with Gasteiger partial charge >= 0.3 is 6.03 Å². The molecule has 116 valence electrons. The standard InChI is InChI=1S/C16H25N3OS/c1-3-4-5-10-19(16(17)20)14-8-6-13(7-9-14)15-18(2)11-12-21-15/h6-9,15H,3-5,10-12H2,1-2H3,(H2,17,20). The van der Waals surface area contributed by atoms with Gasteiger partial charge in [-0.2, -0.15) is 0 Å². The van der Waals surface area contributed by atoms with E-state index in [0.29, 0.717) is 11.9 Å². The third-order valence-electron chi connectivity index (χ3n) is 3.86. The highest BCUT2D eigenvalue weighted by atomic mass is 32.2. The molecule has 1 atom stereocenters. The summed E-state index contributed by atoms with van der Waals surface area (Å²) >= 11 is 1.96. The van der Waals surface area contributed by atoms with Crippen molar-refractivity contribution in [2.24, 2.45) is 5.73 Å². The van der Waals surface area contributed by atoms with E-state index < -0.39 is 0 Å². The van der Waals surface area contributed by atoms with Crippen LogP contribution in [0.5, 0.6) is 0 Å². The van der Waals surface area contributed by atoms with E-state index in [0.717, 1.165) is 31.5 Å². The number of anilines is 1. The van der Waals surface area contributed by atoms with Crippen molar-refractivity contribution < 1.29 is 4.79 Å². The van der Waals surface area contributed by atoms with Crippen LogP contribution in [0.1, 0.15) is 37.1 Å². The van der Waals surface area contributed by atoms with Crippen LogP contribution in [0.15, 0.2) is 24.3 Å². The highest BCUT2D eigenvalue weighted by Gasteiger charge is 2.23. The second-order valence-corrected chi connectivity index (χ2v) is 6.68. The number of nitrogens with two attached hydrogens (primary N) is 1. The van der Waals surface area contributed by atoms with Gasteiger partial charge in [-0.1, -0.05) is 31.9 Å². The van der Waals surface area contributed by atoms with Gasteiger partial charge in [0.25, 0.3) is 0 Å². The Kier molecular flexibility index (Phi) is 5.94. The summed E-state index contributed by atoms with van der Waals surface area (Å²) in [6.45, 7) is 3.97. The van der Waals surface area contributed by atoms with Gasteiger partial charge in [0.1, 0.15) is 0 Å². The number of amides is 2. The first kappa shape index (κ1) is 16.2. The first-order valence-corrected chi connectivity index (χ1v) is 8.67. The minimum absolute atomic E-state index is 0.369. The van der Waals surface area contributed by atoms with Crippen LogP contribution >= 0.6 is 11.8 Å². The van der Waals surface area contributed by atoms with Crippen molar-refractivity contribution in [3.05, 3.63) is 29.8 Å². The zero-order chi connectivity index (χ0) is 15.2. The number of hydrogen-bond donors (Lipinski definition) is 1. The molecule has 4 nitrogen and oxygen atoms in total. The van der Waals surface area contributed by atoms with E-state index >= 15 is 0 Å². The molecule has 1 aliphatic rings. The molecule has 0 spiro atoms. The van der Waals surface area contributed by atoms with Crippen molar-refractivity contribution >= 4 is 23.5 Å². The Morgan fingerprint density at radius 1 is 1.38 bits per heavy atom. The molecule has 5 heteroatoms. The number of unbranched alkanes of at least 4 members (excludes halogenated alkanes) is 2. The molecule has 0 aromatic heterocycles. The van der Waals surface area contributed by atoms with Gasteiger partial charge in [-0.05, 0) is 31.2 Å².